The number of benzene rings is 4. The maximum Gasteiger partial charge on any atom is 0.573 e. The van der Waals surface area contributed by atoms with Gasteiger partial charge in [-0.15, -0.1) is 26.3 Å². The number of carbonyl (C=O) groups excluding carboxylic acids is 1. The average Bonchev–Trinajstić information content (AvgIpc) is 2.99. The Balaban J connectivity index is 1.68. The first-order chi connectivity index (χ1) is 21.8. The van der Waals surface area contributed by atoms with Gasteiger partial charge in [0.1, 0.15) is 11.5 Å². The van der Waals surface area contributed by atoms with Crippen LogP contribution in [0.25, 0.3) is 44.3 Å². The molecule has 6 rings (SSSR count). The Morgan fingerprint density at radius 3 is 1.28 bits per heavy atom. The van der Waals surface area contributed by atoms with Gasteiger partial charge in [0.25, 0.3) is 0 Å². The van der Waals surface area contributed by atoms with Gasteiger partial charge in [0.2, 0.25) is 0 Å². The van der Waals surface area contributed by atoms with Crippen molar-refractivity contribution in [3.8, 4) is 34.0 Å². The summed E-state index contributed by atoms with van der Waals surface area (Å²) >= 11 is 0. The van der Waals surface area contributed by atoms with E-state index >= 15 is 0 Å². The van der Waals surface area contributed by atoms with Gasteiger partial charge in [0.15, 0.2) is 5.78 Å². The lowest BCUT2D eigenvalue weighted by Crippen LogP contribution is -2.17. The first-order valence-electron chi connectivity index (χ1n) is 13.8. The third-order valence-electron chi connectivity index (χ3n) is 7.42. The van der Waals surface area contributed by atoms with Crippen molar-refractivity contribution in [2.75, 3.05) is 0 Å². The maximum atomic E-state index is 14.9. The standard InChI is InChI=1S/C35H22F6N2O3/c1-19-29(25-17-23(45-34(36,37)38)13-15-27(25)42-31(19)21-9-5-3-6-10-21)33(44)30-20(2)32(22-11-7-4-8-12-22)43-28-16-14-24(18-26(28)30)46-35(39,40)41/h3-18H,1-2H3. The molecule has 5 nitrogen and oxygen atoms in total. The Bertz CT molecular complexity index is 1960. The monoisotopic (exact) mass is 632 g/mol. The zero-order valence-corrected chi connectivity index (χ0v) is 24.1. The molecule has 11 heteroatoms. The highest BCUT2D eigenvalue weighted by molar-refractivity contribution is 6.23. The highest BCUT2D eigenvalue weighted by atomic mass is 19.4. The molecule has 0 N–H and O–H groups in total. The van der Waals surface area contributed by atoms with Crippen LogP contribution in [0, 0.1) is 13.8 Å². The molecular formula is C35H22F6N2O3. The van der Waals surface area contributed by atoms with E-state index in [1.807, 2.05) is 0 Å². The van der Waals surface area contributed by atoms with Crippen LogP contribution in [-0.2, 0) is 0 Å². The van der Waals surface area contributed by atoms with Crippen LogP contribution >= 0.6 is 0 Å². The fourth-order valence-electron chi connectivity index (χ4n) is 5.53. The molecule has 0 fully saturated rings. The minimum atomic E-state index is -5.00. The van der Waals surface area contributed by atoms with Crippen LogP contribution in [0.2, 0.25) is 0 Å². The summed E-state index contributed by atoms with van der Waals surface area (Å²) in [7, 11) is 0. The Hall–Kier alpha value is -5.45. The minimum absolute atomic E-state index is 0.00762. The molecule has 2 heterocycles. The van der Waals surface area contributed by atoms with Gasteiger partial charge in [0.05, 0.1) is 22.4 Å². The highest BCUT2D eigenvalue weighted by Crippen LogP contribution is 2.39. The predicted octanol–water partition coefficient (Wildman–Crippen LogP) is 9.76. The molecule has 46 heavy (non-hydrogen) atoms. The van der Waals surface area contributed by atoms with Gasteiger partial charge >= 0.3 is 12.7 Å². The number of hydrogen-bond acceptors (Lipinski definition) is 5. The summed E-state index contributed by atoms with van der Waals surface area (Å²) in [6.07, 6.45) is -10.00. The SMILES string of the molecule is Cc1c(-c2ccccc2)nc2ccc(OC(F)(F)F)cc2c1C(=O)c1c(C)c(-c2ccccc2)nc2ccc(OC(F)(F)F)cc12. The maximum absolute atomic E-state index is 14.9. The lowest BCUT2D eigenvalue weighted by molar-refractivity contribution is -0.275. The van der Waals surface area contributed by atoms with Crippen molar-refractivity contribution in [2.24, 2.45) is 0 Å². The smallest absolute Gasteiger partial charge is 0.406 e. The minimum Gasteiger partial charge on any atom is -0.406 e. The second-order valence-corrected chi connectivity index (χ2v) is 10.4. The summed E-state index contributed by atoms with van der Waals surface area (Å²) in [6.45, 7) is 3.24. The van der Waals surface area contributed by atoms with Gasteiger partial charge in [-0.05, 0) is 61.4 Å². The van der Waals surface area contributed by atoms with E-state index in [0.717, 1.165) is 24.3 Å². The molecule has 0 aliphatic heterocycles. The van der Waals surface area contributed by atoms with Gasteiger partial charge < -0.3 is 9.47 Å². The van der Waals surface area contributed by atoms with Crippen molar-refractivity contribution in [2.45, 2.75) is 26.6 Å². The zero-order chi connectivity index (χ0) is 32.8. The normalized spacial score (nSPS) is 12.0. The van der Waals surface area contributed by atoms with E-state index in [1.165, 1.54) is 12.1 Å². The molecular weight excluding hydrogens is 610 g/mol. The van der Waals surface area contributed by atoms with Crippen LogP contribution in [0.1, 0.15) is 27.0 Å². The molecule has 0 spiro atoms. The molecule has 0 unspecified atom stereocenters. The molecule has 0 amide bonds. The molecule has 0 saturated heterocycles. The third kappa shape index (κ3) is 6.08. The van der Waals surface area contributed by atoms with Gasteiger partial charge in [-0.2, -0.15) is 0 Å². The van der Waals surface area contributed by atoms with Crippen LogP contribution in [0.5, 0.6) is 11.5 Å². The molecule has 0 aliphatic rings. The topological polar surface area (TPSA) is 61.3 Å². The summed E-state index contributed by atoms with van der Waals surface area (Å²) in [6, 6.07) is 24.8. The number of ketones is 1. The molecule has 0 bridgehead atoms. The number of rotatable bonds is 6. The lowest BCUT2D eigenvalue weighted by atomic mass is 9.87. The summed E-state index contributed by atoms with van der Waals surface area (Å²) in [5, 5.41) is 0.134. The van der Waals surface area contributed by atoms with Crippen LogP contribution in [-0.4, -0.2) is 28.5 Å². The summed E-state index contributed by atoms with van der Waals surface area (Å²) in [5.41, 5.74) is 3.24. The fourth-order valence-corrected chi connectivity index (χ4v) is 5.53. The number of halogens is 6. The van der Waals surface area contributed by atoms with E-state index in [0.29, 0.717) is 33.6 Å². The molecule has 232 valence electrons. The molecule has 4 aromatic carbocycles. The van der Waals surface area contributed by atoms with Crippen LogP contribution in [0.3, 0.4) is 0 Å². The Kier molecular flexibility index (Phi) is 7.63. The second kappa shape index (κ2) is 11.5. The van der Waals surface area contributed by atoms with E-state index in [4.69, 9.17) is 0 Å². The summed E-state index contributed by atoms with van der Waals surface area (Å²) < 4.78 is 87.6. The quantitative estimate of drug-likeness (QED) is 0.135. The molecule has 2 aromatic heterocycles. The molecule has 0 aliphatic carbocycles. The highest BCUT2D eigenvalue weighted by Gasteiger charge is 2.33. The van der Waals surface area contributed by atoms with Crippen molar-refractivity contribution < 1.29 is 40.6 Å². The molecule has 0 atom stereocenters. The van der Waals surface area contributed by atoms with Crippen molar-refractivity contribution in [1.29, 1.82) is 0 Å². The van der Waals surface area contributed by atoms with Gasteiger partial charge in [-0.1, -0.05) is 60.7 Å². The van der Waals surface area contributed by atoms with Gasteiger partial charge in [-0.3, -0.25) is 4.79 Å². The first kappa shape index (κ1) is 30.6. The van der Waals surface area contributed by atoms with Crippen molar-refractivity contribution >= 4 is 27.6 Å². The van der Waals surface area contributed by atoms with E-state index in [9.17, 15) is 31.1 Å². The van der Waals surface area contributed by atoms with Crippen LogP contribution < -0.4 is 9.47 Å². The third-order valence-corrected chi connectivity index (χ3v) is 7.42. The van der Waals surface area contributed by atoms with Crippen molar-refractivity contribution in [3.05, 3.63) is 119 Å². The number of pyridine rings is 2. The van der Waals surface area contributed by atoms with Gasteiger partial charge in [-0.25, -0.2) is 9.97 Å². The summed E-state index contributed by atoms with van der Waals surface area (Å²) in [5.74, 6) is -1.79. The van der Waals surface area contributed by atoms with E-state index in [1.54, 1.807) is 74.5 Å². The number of ether oxygens (including phenoxy) is 2. The van der Waals surface area contributed by atoms with Crippen LogP contribution in [0.15, 0.2) is 97.1 Å². The Morgan fingerprint density at radius 2 is 0.935 bits per heavy atom. The zero-order valence-electron chi connectivity index (χ0n) is 24.1. The predicted molar refractivity (Wildman–Crippen MR) is 161 cm³/mol. The fraction of sp³-hybridized carbons (Fsp3) is 0.114. The van der Waals surface area contributed by atoms with Crippen molar-refractivity contribution in [3.63, 3.8) is 0 Å². The second-order valence-electron chi connectivity index (χ2n) is 10.4. The largest absolute Gasteiger partial charge is 0.573 e. The summed E-state index contributed by atoms with van der Waals surface area (Å²) in [4.78, 5) is 24.2. The number of carbonyl (C=O) groups is 1. The first-order valence-corrected chi connectivity index (χ1v) is 13.8. The Morgan fingerprint density at radius 1 is 0.565 bits per heavy atom. The van der Waals surface area contributed by atoms with Crippen molar-refractivity contribution in [1.82, 2.24) is 9.97 Å². The number of fused-ring (bicyclic) bond motifs is 2. The number of alkyl halides is 6. The lowest BCUT2D eigenvalue weighted by Gasteiger charge is -2.19. The number of nitrogens with zero attached hydrogens (tertiary/aromatic N) is 2. The number of hydrogen-bond donors (Lipinski definition) is 0. The molecule has 0 radical (unpaired) electrons. The molecule has 0 saturated carbocycles. The average molecular weight is 633 g/mol. The van der Waals surface area contributed by atoms with E-state index < -0.39 is 30.0 Å². The molecule has 6 aromatic rings. The van der Waals surface area contributed by atoms with E-state index in [2.05, 4.69) is 19.4 Å². The van der Waals surface area contributed by atoms with E-state index in [-0.39, 0.29) is 32.9 Å². The Labute approximate surface area is 258 Å². The van der Waals surface area contributed by atoms with Crippen LogP contribution in [0.4, 0.5) is 26.3 Å². The number of aromatic nitrogens is 2. The van der Waals surface area contributed by atoms with Gasteiger partial charge in [0, 0.05) is 33.0 Å².